The van der Waals surface area contributed by atoms with Crippen LogP contribution in [0.4, 0.5) is 19.5 Å². The number of nitrogens with zero attached hydrogens (tertiary/aromatic N) is 1. The monoisotopic (exact) mass is 268 g/mol. The highest BCUT2D eigenvalue weighted by Gasteiger charge is 2.16. The van der Waals surface area contributed by atoms with E-state index in [9.17, 15) is 13.6 Å². The number of Topliss-reactive ketones (excluding diaryl/α,β-unsaturated/α-hetero) is 1. The molecule has 3 nitrogen and oxygen atoms in total. The lowest BCUT2D eigenvalue weighted by Gasteiger charge is -2.06. The van der Waals surface area contributed by atoms with E-state index in [-0.39, 0.29) is 11.5 Å². The summed E-state index contributed by atoms with van der Waals surface area (Å²) in [7, 11) is 0. The Balaban J connectivity index is 2.41. The summed E-state index contributed by atoms with van der Waals surface area (Å²) in [5, 5.41) is 3.12. The Bertz CT molecular complexity index is 610. The van der Waals surface area contributed by atoms with Crippen LogP contribution in [0.1, 0.15) is 23.0 Å². The van der Waals surface area contributed by atoms with Crippen LogP contribution in [0.2, 0.25) is 0 Å². The van der Waals surface area contributed by atoms with Gasteiger partial charge in [-0.15, -0.1) is 0 Å². The molecule has 0 bridgehead atoms. The van der Waals surface area contributed by atoms with Crippen molar-refractivity contribution >= 4 is 28.0 Å². The van der Waals surface area contributed by atoms with Gasteiger partial charge in [0.05, 0.1) is 16.9 Å². The fraction of sp³-hybridized carbons (Fsp3) is 0.167. The smallest absolute Gasteiger partial charge is 0.182 e. The molecule has 0 aliphatic carbocycles. The summed E-state index contributed by atoms with van der Waals surface area (Å²) in [6, 6.07) is 3.82. The third kappa shape index (κ3) is 2.24. The molecular formula is C12H10F2N2OS. The first-order chi connectivity index (χ1) is 8.50. The molecule has 0 spiro atoms. The second kappa shape index (κ2) is 4.81. The van der Waals surface area contributed by atoms with Gasteiger partial charge in [-0.25, -0.2) is 8.78 Å². The molecule has 1 aromatic heterocycles. The number of halogens is 2. The van der Waals surface area contributed by atoms with Gasteiger partial charge in [0.15, 0.2) is 17.4 Å². The Labute approximate surface area is 107 Å². The van der Waals surface area contributed by atoms with E-state index in [4.69, 9.17) is 0 Å². The van der Waals surface area contributed by atoms with Crippen LogP contribution in [0.15, 0.2) is 18.2 Å². The molecule has 0 atom stereocenters. The second-order valence-corrected chi connectivity index (χ2v) is 4.53. The summed E-state index contributed by atoms with van der Waals surface area (Å²) < 4.78 is 30.6. The van der Waals surface area contributed by atoms with E-state index in [0.29, 0.717) is 16.3 Å². The maximum absolute atomic E-state index is 13.5. The average Bonchev–Trinajstić information content (AvgIpc) is 2.66. The predicted molar refractivity (Wildman–Crippen MR) is 66.5 cm³/mol. The Morgan fingerprint density at radius 3 is 2.78 bits per heavy atom. The molecule has 0 amide bonds. The van der Waals surface area contributed by atoms with Crippen LogP contribution in [-0.2, 0) is 0 Å². The Morgan fingerprint density at radius 1 is 1.39 bits per heavy atom. The lowest BCUT2D eigenvalue weighted by molar-refractivity contribution is 0.101. The van der Waals surface area contributed by atoms with E-state index in [1.165, 1.54) is 19.1 Å². The molecule has 0 aliphatic rings. The fourth-order valence-electron chi connectivity index (χ4n) is 1.59. The predicted octanol–water partition coefficient (Wildman–Crippen LogP) is 3.68. The van der Waals surface area contributed by atoms with E-state index in [2.05, 4.69) is 9.69 Å². The molecule has 0 aliphatic heterocycles. The molecule has 0 radical (unpaired) electrons. The van der Waals surface area contributed by atoms with Crippen LogP contribution in [0.3, 0.4) is 0 Å². The van der Waals surface area contributed by atoms with E-state index in [0.717, 1.165) is 17.6 Å². The van der Waals surface area contributed by atoms with Crippen molar-refractivity contribution in [3.05, 3.63) is 41.1 Å². The summed E-state index contributed by atoms with van der Waals surface area (Å²) >= 11 is 1.04. The van der Waals surface area contributed by atoms with Crippen molar-refractivity contribution in [1.29, 1.82) is 0 Å². The summed E-state index contributed by atoms with van der Waals surface area (Å²) in [6.45, 7) is 3.10. The Kier molecular flexibility index (Phi) is 3.38. The number of carbonyl (C=O) groups is 1. The van der Waals surface area contributed by atoms with Crippen molar-refractivity contribution < 1.29 is 13.6 Å². The van der Waals surface area contributed by atoms with Crippen LogP contribution >= 0.6 is 11.5 Å². The van der Waals surface area contributed by atoms with Crippen molar-refractivity contribution in [3.63, 3.8) is 0 Å². The van der Waals surface area contributed by atoms with Crippen molar-refractivity contribution in [1.82, 2.24) is 4.37 Å². The van der Waals surface area contributed by atoms with E-state index < -0.39 is 11.6 Å². The lowest BCUT2D eigenvalue weighted by atomic mass is 10.2. The Hall–Kier alpha value is -1.82. The van der Waals surface area contributed by atoms with Crippen LogP contribution < -0.4 is 5.32 Å². The molecule has 1 aromatic carbocycles. The molecule has 1 heterocycles. The number of anilines is 2. The molecule has 6 heteroatoms. The van der Waals surface area contributed by atoms with Crippen LogP contribution in [0.25, 0.3) is 0 Å². The summed E-state index contributed by atoms with van der Waals surface area (Å²) in [5.41, 5.74) is 0.969. The minimum absolute atomic E-state index is 0.0128. The van der Waals surface area contributed by atoms with Crippen molar-refractivity contribution in [2.24, 2.45) is 0 Å². The van der Waals surface area contributed by atoms with Gasteiger partial charge in [-0.2, -0.15) is 4.37 Å². The number of aromatic nitrogens is 1. The maximum atomic E-state index is 13.5. The van der Waals surface area contributed by atoms with Gasteiger partial charge in [0.25, 0.3) is 0 Å². The minimum atomic E-state index is -0.974. The van der Waals surface area contributed by atoms with E-state index in [1.807, 2.05) is 0 Å². The second-order valence-electron chi connectivity index (χ2n) is 3.75. The summed E-state index contributed by atoms with van der Waals surface area (Å²) in [6.07, 6.45) is 0. The highest BCUT2D eigenvalue weighted by Crippen LogP contribution is 2.29. The highest BCUT2D eigenvalue weighted by molar-refractivity contribution is 7.10. The molecule has 0 unspecified atom stereocenters. The number of benzene rings is 1. The fourth-order valence-corrected chi connectivity index (χ4v) is 2.45. The van der Waals surface area contributed by atoms with Crippen LogP contribution in [-0.4, -0.2) is 10.2 Å². The molecule has 94 valence electrons. The standard InChI is InChI=1S/C12H10F2N2OS/c1-6-10(7(2)17)12(18-16-6)15-9-5-3-4-8(13)11(9)14/h3-5,15H,1-2H3. The first-order valence-electron chi connectivity index (χ1n) is 5.19. The van der Waals surface area contributed by atoms with Gasteiger partial charge >= 0.3 is 0 Å². The quantitative estimate of drug-likeness (QED) is 0.863. The first-order valence-corrected chi connectivity index (χ1v) is 5.96. The number of ketones is 1. The molecular weight excluding hydrogens is 258 g/mol. The molecule has 1 N–H and O–H groups in total. The lowest BCUT2D eigenvalue weighted by Crippen LogP contribution is -2.00. The molecule has 2 rings (SSSR count). The number of carbonyl (C=O) groups excluding carboxylic acids is 1. The zero-order valence-corrected chi connectivity index (χ0v) is 10.6. The van der Waals surface area contributed by atoms with Crippen LogP contribution in [0, 0.1) is 18.6 Å². The zero-order valence-electron chi connectivity index (χ0n) is 9.75. The topological polar surface area (TPSA) is 42.0 Å². The highest BCUT2D eigenvalue weighted by atomic mass is 32.1. The molecule has 2 aromatic rings. The van der Waals surface area contributed by atoms with Gasteiger partial charge in [0.1, 0.15) is 5.00 Å². The van der Waals surface area contributed by atoms with Gasteiger partial charge in [0, 0.05) is 0 Å². The number of rotatable bonds is 3. The van der Waals surface area contributed by atoms with E-state index >= 15 is 0 Å². The number of hydrogen-bond donors (Lipinski definition) is 1. The number of nitrogens with one attached hydrogen (secondary N) is 1. The van der Waals surface area contributed by atoms with Crippen molar-refractivity contribution in [2.45, 2.75) is 13.8 Å². The van der Waals surface area contributed by atoms with Gasteiger partial charge in [-0.05, 0) is 37.5 Å². The number of aryl methyl sites for hydroxylation is 1. The normalized spacial score (nSPS) is 10.4. The third-order valence-corrected chi connectivity index (χ3v) is 3.27. The molecule has 0 fully saturated rings. The first kappa shape index (κ1) is 12.6. The third-order valence-electron chi connectivity index (χ3n) is 2.41. The average molecular weight is 268 g/mol. The minimum Gasteiger partial charge on any atom is -0.343 e. The SMILES string of the molecule is CC(=O)c1c(C)nsc1Nc1cccc(F)c1F. The van der Waals surface area contributed by atoms with Crippen molar-refractivity contribution in [2.75, 3.05) is 5.32 Å². The largest absolute Gasteiger partial charge is 0.343 e. The molecule has 18 heavy (non-hydrogen) atoms. The number of hydrogen-bond acceptors (Lipinski definition) is 4. The van der Waals surface area contributed by atoms with Crippen LogP contribution in [0.5, 0.6) is 0 Å². The van der Waals surface area contributed by atoms with Gasteiger partial charge in [0.2, 0.25) is 0 Å². The molecule has 0 saturated heterocycles. The van der Waals surface area contributed by atoms with Gasteiger partial charge in [-0.3, -0.25) is 4.79 Å². The van der Waals surface area contributed by atoms with E-state index in [1.54, 1.807) is 6.92 Å². The summed E-state index contributed by atoms with van der Waals surface area (Å²) in [4.78, 5) is 11.4. The van der Waals surface area contributed by atoms with Gasteiger partial charge < -0.3 is 5.32 Å². The van der Waals surface area contributed by atoms with Gasteiger partial charge in [-0.1, -0.05) is 6.07 Å². The Morgan fingerprint density at radius 2 is 2.11 bits per heavy atom. The molecule has 0 saturated carbocycles. The maximum Gasteiger partial charge on any atom is 0.182 e. The zero-order chi connectivity index (χ0) is 13.3. The van der Waals surface area contributed by atoms with Crippen molar-refractivity contribution in [3.8, 4) is 0 Å². The summed E-state index contributed by atoms with van der Waals surface area (Å²) in [5.74, 6) is -2.08.